The largest absolute Gasteiger partial charge is 0.389 e. The maximum atomic E-state index is 13.4. The van der Waals surface area contributed by atoms with E-state index in [-0.39, 0.29) is 5.78 Å². The second kappa shape index (κ2) is 6.15. The minimum atomic E-state index is -1.14. The van der Waals surface area contributed by atoms with Crippen LogP contribution in [0.3, 0.4) is 0 Å². The lowest BCUT2D eigenvalue weighted by Crippen LogP contribution is -2.57. The molecule has 1 aliphatic rings. The molecule has 0 amide bonds. The van der Waals surface area contributed by atoms with E-state index in [1.165, 1.54) is 6.20 Å². The predicted molar refractivity (Wildman–Crippen MR) is 91.8 cm³/mol. The van der Waals surface area contributed by atoms with Crippen molar-refractivity contribution in [2.75, 3.05) is 13.1 Å². The smallest absolute Gasteiger partial charge is 0.178 e. The molecule has 5 nitrogen and oxygen atoms in total. The number of aromatic nitrogens is 1. The highest BCUT2D eigenvalue weighted by molar-refractivity contribution is 6.05. The molecule has 0 saturated carbocycles. The van der Waals surface area contributed by atoms with Crippen LogP contribution in [0.2, 0.25) is 0 Å². The molecule has 5 heteroatoms. The molecule has 1 aromatic carbocycles. The molecule has 1 aliphatic heterocycles. The average Bonchev–Trinajstić information content (AvgIpc) is 3.04. The van der Waals surface area contributed by atoms with Crippen molar-refractivity contribution in [1.29, 1.82) is 0 Å². The molecule has 0 spiro atoms. The quantitative estimate of drug-likeness (QED) is 0.844. The number of piperidine rings is 1. The van der Waals surface area contributed by atoms with Crippen LogP contribution in [0.1, 0.15) is 42.6 Å². The minimum Gasteiger partial charge on any atom is -0.389 e. The maximum Gasteiger partial charge on any atom is 0.178 e. The van der Waals surface area contributed by atoms with E-state index in [9.17, 15) is 9.90 Å². The number of carbonyl (C=O) groups excluding carboxylic acids is 1. The average molecular weight is 328 g/mol. The first-order valence-corrected chi connectivity index (χ1v) is 8.35. The summed E-state index contributed by atoms with van der Waals surface area (Å²) in [5.74, 6) is 0.355. The van der Waals surface area contributed by atoms with Crippen molar-refractivity contribution in [2.45, 2.75) is 39.2 Å². The molecule has 2 N–H and O–H groups in total. The summed E-state index contributed by atoms with van der Waals surface area (Å²) < 4.78 is 5.39. The first-order valence-electron chi connectivity index (χ1n) is 8.35. The van der Waals surface area contributed by atoms with Crippen LogP contribution >= 0.6 is 0 Å². The fourth-order valence-electron chi connectivity index (χ4n) is 3.47. The molecule has 2 heterocycles. The number of hydrogen-bond acceptors (Lipinski definition) is 5. The van der Waals surface area contributed by atoms with Gasteiger partial charge in [0.25, 0.3) is 0 Å². The van der Waals surface area contributed by atoms with Gasteiger partial charge < -0.3 is 14.9 Å². The van der Waals surface area contributed by atoms with Crippen molar-refractivity contribution in [1.82, 2.24) is 10.5 Å². The first-order chi connectivity index (χ1) is 11.3. The topological polar surface area (TPSA) is 75.4 Å². The Morgan fingerprint density at radius 2 is 2.04 bits per heavy atom. The number of Topliss-reactive ketones (excluding diaryl/α,β-unsaturated/α-hetero) is 1. The van der Waals surface area contributed by atoms with Crippen molar-refractivity contribution >= 4 is 5.78 Å². The lowest BCUT2D eigenvalue weighted by molar-refractivity contribution is -0.0482. The van der Waals surface area contributed by atoms with Gasteiger partial charge in [-0.3, -0.25) is 4.79 Å². The van der Waals surface area contributed by atoms with Gasteiger partial charge in [-0.05, 0) is 40.2 Å². The Balaban J connectivity index is 2.04. The minimum absolute atomic E-state index is 0.112. The second-order valence-electron chi connectivity index (χ2n) is 7.19. The van der Waals surface area contributed by atoms with Crippen LogP contribution in [0.15, 0.2) is 35.0 Å². The van der Waals surface area contributed by atoms with Gasteiger partial charge >= 0.3 is 0 Å². The molecule has 128 valence electrons. The molecule has 1 fully saturated rings. The second-order valence-corrected chi connectivity index (χ2v) is 7.19. The summed E-state index contributed by atoms with van der Waals surface area (Å²) >= 11 is 0. The van der Waals surface area contributed by atoms with Crippen LogP contribution < -0.4 is 5.32 Å². The van der Waals surface area contributed by atoms with Crippen LogP contribution in [-0.2, 0) is 0 Å². The van der Waals surface area contributed by atoms with Gasteiger partial charge in [0.15, 0.2) is 11.5 Å². The summed E-state index contributed by atoms with van der Waals surface area (Å²) in [5, 5.41) is 17.9. The molecule has 0 unspecified atom stereocenters. The lowest BCUT2D eigenvalue weighted by Gasteiger charge is -2.44. The van der Waals surface area contributed by atoms with Crippen molar-refractivity contribution in [3.05, 3.63) is 41.6 Å². The Morgan fingerprint density at radius 3 is 2.62 bits per heavy atom. The van der Waals surface area contributed by atoms with E-state index in [2.05, 4.69) is 10.5 Å². The molecule has 0 aliphatic carbocycles. The molecule has 1 aromatic heterocycles. The molecule has 2 aromatic rings. The maximum absolute atomic E-state index is 13.4. The van der Waals surface area contributed by atoms with Crippen LogP contribution in [-0.4, -0.2) is 34.7 Å². The Kier molecular flexibility index (Phi) is 4.32. The highest BCUT2D eigenvalue weighted by Crippen LogP contribution is 2.42. The molecule has 0 bridgehead atoms. The molecule has 1 atom stereocenters. The number of ketones is 1. The van der Waals surface area contributed by atoms with Crippen molar-refractivity contribution < 1.29 is 14.4 Å². The van der Waals surface area contributed by atoms with Gasteiger partial charge in [0, 0.05) is 12.1 Å². The number of carbonyl (C=O) groups is 1. The van der Waals surface area contributed by atoms with Gasteiger partial charge in [0.05, 0.1) is 22.8 Å². The molecule has 1 saturated heterocycles. The van der Waals surface area contributed by atoms with E-state index < -0.39 is 11.0 Å². The molecule has 0 radical (unpaired) electrons. The monoisotopic (exact) mass is 328 g/mol. The fourth-order valence-corrected chi connectivity index (χ4v) is 3.47. The number of hydrogen-bond donors (Lipinski definition) is 2. The van der Waals surface area contributed by atoms with Crippen LogP contribution in [0.25, 0.3) is 11.3 Å². The molecular formula is C19H24N2O3. The lowest BCUT2D eigenvalue weighted by atomic mass is 9.64. The highest BCUT2D eigenvalue weighted by atomic mass is 16.5. The third-order valence-electron chi connectivity index (χ3n) is 5.12. The van der Waals surface area contributed by atoms with E-state index in [1.54, 1.807) is 13.8 Å². The fraction of sp³-hybridized carbons (Fsp3) is 0.474. The van der Waals surface area contributed by atoms with Crippen LogP contribution in [0.4, 0.5) is 0 Å². The standard InChI is InChI=1S/C19H24N2O3/c1-13-5-7-14(8-6-13)16-15(11-21-24-16)17(22)19(18(2,3)23)9-4-10-20-12-19/h5-8,11,20,23H,4,9-10,12H2,1-3H3/t19-/m1/s1. The number of aryl methyl sites for hydroxylation is 1. The molecule has 24 heavy (non-hydrogen) atoms. The summed E-state index contributed by atoms with van der Waals surface area (Å²) in [6.07, 6.45) is 2.96. The van der Waals surface area contributed by atoms with E-state index in [1.807, 2.05) is 31.2 Å². The van der Waals surface area contributed by atoms with E-state index in [4.69, 9.17) is 4.52 Å². The van der Waals surface area contributed by atoms with E-state index in [0.29, 0.717) is 24.3 Å². The van der Waals surface area contributed by atoms with Gasteiger partial charge in [0.2, 0.25) is 0 Å². The van der Waals surface area contributed by atoms with Crippen molar-refractivity contribution in [3.8, 4) is 11.3 Å². The summed E-state index contributed by atoms with van der Waals surface area (Å²) in [6, 6.07) is 7.78. The summed E-state index contributed by atoms with van der Waals surface area (Å²) in [7, 11) is 0. The van der Waals surface area contributed by atoms with Crippen molar-refractivity contribution in [2.24, 2.45) is 5.41 Å². The summed E-state index contributed by atoms with van der Waals surface area (Å²) in [5.41, 5.74) is 0.367. The van der Waals surface area contributed by atoms with Gasteiger partial charge in [-0.2, -0.15) is 0 Å². The Bertz CT molecular complexity index is 720. The predicted octanol–water partition coefficient (Wildman–Crippen LogP) is 2.97. The third kappa shape index (κ3) is 2.78. The molecular weight excluding hydrogens is 304 g/mol. The van der Waals surface area contributed by atoms with E-state index in [0.717, 1.165) is 24.1 Å². The zero-order chi connectivity index (χ0) is 17.4. The van der Waals surface area contributed by atoms with Crippen LogP contribution in [0.5, 0.6) is 0 Å². The summed E-state index contributed by atoms with van der Waals surface area (Å²) in [6.45, 7) is 6.73. The van der Waals surface area contributed by atoms with Gasteiger partial charge in [-0.15, -0.1) is 0 Å². The number of nitrogens with one attached hydrogen (secondary N) is 1. The zero-order valence-corrected chi connectivity index (χ0v) is 14.4. The third-order valence-corrected chi connectivity index (χ3v) is 5.12. The normalized spacial score (nSPS) is 21.7. The SMILES string of the molecule is Cc1ccc(-c2oncc2C(=O)[C@@]2(C(C)(C)O)CCCNC2)cc1. The van der Waals surface area contributed by atoms with Gasteiger partial charge in [-0.25, -0.2) is 0 Å². The Hall–Kier alpha value is -1.98. The van der Waals surface area contributed by atoms with E-state index >= 15 is 0 Å². The number of rotatable bonds is 4. The summed E-state index contributed by atoms with van der Waals surface area (Å²) in [4.78, 5) is 13.4. The zero-order valence-electron chi connectivity index (χ0n) is 14.4. The van der Waals surface area contributed by atoms with Crippen LogP contribution in [0, 0.1) is 12.3 Å². The number of aliphatic hydroxyl groups is 1. The number of nitrogens with zero attached hydrogens (tertiary/aromatic N) is 1. The van der Waals surface area contributed by atoms with Gasteiger partial charge in [-0.1, -0.05) is 35.0 Å². The first kappa shape index (κ1) is 16.9. The number of benzene rings is 1. The highest BCUT2D eigenvalue weighted by Gasteiger charge is 2.51. The van der Waals surface area contributed by atoms with Gasteiger partial charge in [0.1, 0.15) is 0 Å². The Labute approximate surface area is 142 Å². The Morgan fingerprint density at radius 1 is 1.33 bits per heavy atom. The molecule has 3 rings (SSSR count). The van der Waals surface area contributed by atoms with Crippen molar-refractivity contribution in [3.63, 3.8) is 0 Å².